The van der Waals surface area contributed by atoms with Crippen molar-refractivity contribution in [1.29, 1.82) is 0 Å². The van der Waals surface area contributed by atoms with Gasteiger partial charge < -0.3 is 27.9 Å². The lowest BCUT2D eigenvalue weighted by molar-refractivity contribution is -0.870. The number of quaternary nitrogens is 1. The molecule has 0 amide bonds. The smallest absolute Gasteiger partial charge is 0.306 e. The fourth-order valence-electron chi connectivity index (χ4n) is 7.51. The third-order valence-corrected chi connectivity index (χ3v) is 12.7. The lowest BCUT2D eigenvalue weighted by Gasteiger charge is -2.28. The first-order valence-corrected chi connectivity index (χ1v) is 29.1. The molecule has 0 spiro atoms. The molecule has 0 fully saturated rings. The van der Waals surface area contributed by atoms with Gasteiger partial charge in [-0.25, -0.2) is 0 Å². The highest BCUT2D eigenvalue weighted by atomic mass is 31.2. The number of hydrogen-bond donors (Lipinski definition) is 0. The number of phosphoric acid groups is 1. The molecule has 0 aliphatic heterocycles. The summed E-state index contributed by atoms with van der Waals surface area (Å²) in [7, 11) is 1.33. The maximum Gasteiger partial charge on any atom is 0.306 e. The van der Waals surface area contributed by atoms with Gasteiger partial charge in [-0.1, -0.05) is 215 Å². The van der Waals surface area contributed by atoms with E-state index in [2.05, 4.69) is 86.8 Å². The summed E-state index contributed by atoms with van der Waals surface area (Å²) in [4.78, 5) is 25.2. The molecule has 0 aromatic rings. The Hall–Kier alpha value is -2.06. The molecule has 0 heterocycles. The monoisotopic (exact) mass is 960 g/mol. The fraction of sp³-hybridized carbons (Fsp3) is 0.776. The van der Waals surface area contributed by atoms with Crippen molar-refractivity contribution in [3.05, 3.63) is 72.9 Å². The SMILES string of the molecule is CC/C=C\C/C=C\C/C=C\C/C=C\C/C=C\CCCCCC(=O)OC(COCCCCCCCCCCCCCCCC/C=C\CCCCCCCCCC)COP(=O)([O-])OCC[N+](C)(C)C. The molecule has 0 saturated heterocycles. The Balaban J connectivity index is 4.12. The molecule has 0 aromatic heterocycles. The summed E-state index contributed by atoms with van der Waals surface area (Å²) in [6, 6.07) is 0. The summed E-state index contributed by atoms with van der Waals surface area (Å²) >= 11 is 0. The number of rotatable bonds is 51. The summed E-state index contributed by atoms with van der Waals surface area (Å²) in [5.74, 6) is -0.364. The van der Waals surface area contributed by atoms with Crippen molar-refractivity contribution >= 4 is 13.8 Å². The van der Waals surface area contributed by atoms with Crippen LogP contribution in [0.2, 0.25) is 0 Å². The lowest BCUT2D eigenvalue weighted by atomic mass is 10.0. The summed E-state index contributed by atoms with van der Waals surface area (Å²) in [6.07, 6.45) is 66.6. The van der Waals surface area contributed by atoms with Gasteiger partial charge >= 0.3 is 5.97 Å². The molecule has 2 unspecified atom stereocenters. The van der Waals surface area contributed by atoms with Crippen LogP contribution in [-0.2, 0) is 27.9 Å². The second kappa shape index (κ2) is 50.3. The zero-order valence-electron chi connectivity index (χ0n) is 44.3. The fourth-order valence-corrected chi connectivity index (χ4v) is 8.24. The van der Waals surface area contributed by atoms with Crippen molar-refractivity contribution in [2.45, 2.75) is 238 Å². The summed E-state index contributed by atoms with van der Waals surface area (Å²) in [5.41, 5.74) is 0. The maximum atomic E-state index is 12.8. The van der Waals surface area contributed by atoms with Crippen molar-refractivity contribution in [2.75, 3.05) is 54.1 Å². The van der Waals surface area contributed by atoms with Gasteiger partial charge in [-0.15, -0.1) is 0 Å². The van der Waals surface area contributed by atoms with Crippen LogP contribution in [0.15, 0.2) is 72.9 Å². The van der Waals surface area contributed by atoms with Gasteiger partial charge in [0.25, 0.3) is 7.82 Å². The van der Waals surface area contributed by atoms with Gasteiger partial charge in [-0.3, -0.25) is 9.36 Å². The molecular formula is C58H106NO7P. The van der Waals surface area contributed by atoms with E-state index in [-0.39, 0.29) is 32.2 Å². The highest BCUT2D eigenvalue weighted by Crippen LogP contribution is 2.38. The zero-order valence-corrected chi connectivity index (χ0v) is 45.2. The van der Waals surface area contributed by atoms with Crippen LogP contribution in [0.5, 0.6) is 0 Å². The van der Waals surface area contributed by atoms with Gasteiger partial charge in [0.1, 0.15) is 19.3 Å². The molecule has 0 rings (SSSR count). The lowest BCUT2D eigenvalue weighted by Crippen LogP contribution is -2.37. The Morgan fingerprint density at radius 3 is 1.31 bits per heavy atom. The van der Waals surface area contributed by atoms with E-state index >= 15 is 0 Å². The van der Waals surface area contributed by atoms with Crippen LogP contribution in [0.3, 0.4) is 0 Å². The van der Waals surface area contributed by atoms with Crippen molar-refractivity contribution in [2.24, 2.45) is 0 Å². The van der Waals surface area contributed by atoms with Gasteiger partial charge in [0.2, 0.25) is 0 Å². The van der Waals surface area contributed by atoms with Crippen LogP contribution < -0.4 is 4.89 Å². The number of nitrogens with zero attached hydrogens (tertiary/aromatic N) is 1. The molecule has 67 heavy (non-hydrogen) atoms. The van der Waals surface area contributed by atoms with Crippen LogP contribution >= 0.6 is 7.82 Å². The molecular weight excluding hydrogens is 854 g/mol. The predicted molar refractivity (Wildman–Crippen MR) is 286 cm³/mol. The van der Waals surface area contributed by atoms with E-state index in [9.17, 15) is 14.3 Å². The van der Waals surface area contributed by atoms with Gasteiger partial charge in [0.05, 0.1) is 34.4 Å². The number of allylic oxidation sites excluding steroid dienone is 12. The van der Waals surface area contributed by atoms with Crippen molar-refractivity contribution in [3.63, 3.8) is 0 Å². The van der Waals surface area contributed by atoms with Crippen LogP contribution in [0.25, 0.3) is 0 Å². The Morgan fingerprint density at radius 1 is 0.478 bits per heavy atom. The first kappa shape index (κ1) is 64.9. The Morgan fingerprint density at radius 2 is 0.866 bits per heavy atom. The van der Waals surface area contributed by atoms with Gasteiger partial charge in [-0.2, -0.15) is 0 Å². The first-order chi connectivity index (χ1) is 32.6. The molecule has 8 nitrogen and oxygen atoms in total. The van der Waals surface area contributed by atoms with Crippen molar-refractivity contribution < 1.29 is 37.3 Å². The van der Waals surface area contributed by atoms with Crippen LogP contribution in [0, 0.1) is 0 Å². The van der Waals surface area contributed by atoms with Crippen LogP contribution in [-0.4, -0.2) is 70.7 Å². The van der Waals surface area contributed by atoms with E-state index in [0.29, 0.717) is 24.1 Å². The number of likely N-dealkylation sites (N-methyl/N-ethyl adjacent to an activating group) is 1. The normalized spacial score (nSPS) is 14.1. The van der Waals surface area contributed by atoms with E-state index in [1.807, 2.05) is 21.1 Å². The Bertz CT molecular complexity index is 1300. The van der Waals surface area contributed by atoms with E-state index in [1.165, 1.54) is 141 Å². The Labute approximate surface area is 414 Å². The predicted octanol–water partition coefficient (Wildman–Crippen LogP) is 16.8. The van der Waals surface area contributed by atoms with Crippen molar-refractivity contribution in [3.8, 4) is 0 Å². The van der Waals surface area contributed by atoms with E-state index in [4.69, 9.17) is 18.5 Å². The molecule has 0 aliphatic rings. The molecule has 0 aromatic carbocycles. The van der Waals surface area contributed by atoms with Gasteiger partial charge in [-0.05, 0) is 83.5 Å². The highest BCUT2D eigenvalue weighted by molar-refractivity contribution is 7.45. The maximum absolute atomic E-state index is 12.8. The molecule has 2 atom stereocenters. The van der Waals surface area contributed by atoms with E-state index in [0.717, 1.165) is 64.2 Å². The van der Waals surface area contributed by atoms with Gasteiger partial charge in [0.15, 0.2) is 0 Å². The third-order valence-electron chi connectivity index (χ3n) is 11.7. The van der Waals surface area contributed by atoms with E-state index in [1.54, 1.807) is 0 Å². The summed E-state index contributed by atoms with van der Waals surface area (Å²) < 4.78 is 34.8. The number of unbranched alkanes of at least 4 members (excludes halogenated alkanes) is 25. The largest absolute Gasteiger partial charge is 0.756 e. The number of hydrogen-bond acceptors (Lipinski definition) is 7. The number of carbonyl (C=O) groups is 1. The second-order valence-electron chi connectivity index (χ2n) is 19.6. The minimum Gasteiger partial charge on any atom is -0.756 e. The number of esters is 1. The molecule has 0 saturated carbocycles. The minimum atomic E-state index is -4.55. The highest BCUT2D eigenvalue weighted by Gasteiger charge is 2.20. The topological polar surface area (TPSA) is 94.1 Å². The standard InChI is InChI=1S/C58H106NO7P/c1-6-8-10-12-14-16-18-20-22-24-26-27-28-29-30-31-32-34-36-38-40-42-44-46-48-50-53-63-55-57(56-65-67(61,62)64-54-52-59(3,4)5)66-58(60)51-49-47-45-43-41-39-37-35-33-25-23-21-19-17-15-13-11-9-7-2/h9,11,15,17,21,23-24,26,33,35,39,41,57H,6-8,10,12-14,16,18-20,22,25,27-32,34,36-38,40,42-56H2,1-5H3/b11-9-,17-15-,23-21-,26-24-,35-33-,41-39-. The number of carbonyl (C=O) groups excluding carboxylic acids is 1. The molecule has 0 aliphatic carbocycles. The summed E-state index contributed by atoms with van der Waals surface area (Å²) in [6.45, 7) is 5.27. The molecule has 9 heteroatoms. The van der Waals surface area contributed by atoms with Crippen LogP contribution in [0.1, 0.15) is 232 Å². The quantitative estimate of drug-likeness (QED) is 0.0197. The summed E-state index contributed by atoms with van der Waals surface area (Å²) in [5, 5.41) is 0. The molecule has 0 radical (unpaired) electrons. The first-order valence-electron chi connectivity index (χ1n) is 27.7. The Kier molecular flexibility index (Phi) is 48.8. The molecule has 0 N–H and O–H groups in total. The average Bonchev–Trinajstić information content (AvgIpc) is 3.29. The third kappa shape index (κ3) is 54.7. The molecule has 0 bridgehead atoms. The number of phosphoric ester groups is 1. The average molecular weight is 960 g/mol. The zero-order chi connectivity index (χ0) is 49.0. The number of ether oxygens (including phenoxy) is 2. The van der Waals surface area contributed by atoms with Crippen molar-refractivity contribution in [1.82, 2.24) is 0 Å². The second-order valence-corrected chi connectivity index (χ2v) is 21.0. The molecule has 390 valence electrons. The van der Waals surface area contributed by atoms with Crippen LogP contribution in [0.4, 0.5) is 0 Å². The van der Waals surface area contributed by atoms with Gasteiger partial charge in [0, 0.05) is 13.0 Å². The minimum absolute atomic E-state index is 0.0168. The van der Waals surface area contributed by atoms with E-state index < -0.39 is 13.9 Å².